The van der Waals surface area contributed by atoms with Gasteiger partial charge in [0.1, 0.15) is 16.5 Å². The molecule has 4 rings (SSSR count). The molecular weight excluding hydrogens is 416 g/mol. The summed E-state index contributed by atoms with van der Waals surface area (Å²) in [5.41, 5.74) is 1.55. The molecule has 1 unspecified atom stereocenters. The van der Waals surface area contributed by atoms with Crippen LogP contribution in [0.1, 0.15) is 12.0 Å². The highest BCUT2D eigenvalue weighted by molar-refractivity contribution is 7.89. The Kier molecular flexibility index (Phi) is 5.52. The molecule has 2 aliphatic rings. The van der Waals surface area contributed by atoms with E-state index in [2.05, 4.69) is 5.16 Å². The highest BCUT2D eigenvalue weighted by atomic mass is 32.2. The molecular formula is C20H19F2N3O4S. The van der Waals surface area contributed by atoms with Crippen molar-refractivity contribution < 1.29 is 26.8 Å². The van der Waals surface area contributed by atoms with Crippen molar-refractivity contribution in [3.63, 3.8) is 0 Å². The predicted octanol–water partition coefficient (Wildman–Crippen LogP) is 1.99. The van der Waals surface area contributed by atoms with Gasteiger partial charge in [-0.25, -0.2) is 17.2 Å². The summed E-state index contributed by atoms with van der Waals surface area (Å²) in [5, 5.41) is 4.00. The fourth-order valence-electron chi connectivity index (χ4n) is 3.48. The van der Waals surface area contributed by atoms with Crippen LogP contribution in [0.15, 0.2) is 58.6 Å². The lowest BCUT2D eigenvalue weighted by molar-refractivity contribution is -0.143. The van der Waals surface area contributed by atoms with Gasteiger partial charge in [-0.3, -0.25) is 4.79 Å². The Morgan fingerprint density at radius 1 is 1.03 bits per heavy atom. The van der Waals surface area contributed by atoms with Crippen molar-refractivity contribution in [2.45, 2.75) is 17.4 Å². The third kappa shape index (κ3) is 3.92. The molecule has 7 nitrogen and oxygen atoms in total. The van der Waals surface area contributed by atoms with E-state index in [0.29, 0.717) is 18.2 Å². The normalized spacial score (nSPS) is 20.0. The topological polar surface area (TPSA) is 79.3 Å². The number of carbonyl (C=O) groups excluding carboxylic acids is 1. The molecule has 1 atom stereocenters. The Labute approximate surface area is 172 Å². The van der Waals surface area contributed by atoms with E-state index in [1.807, 2.05) is 30.3 Å². The molecule has 0 radical (unpaired) electrons. The molecule has 0 bridgehead atoms. The molecule has 0 aliphatic carbocycles. The summed E-state index contributed by atoms with van der Waals surface area (Å²) >= 11 is 0. The summed E-state index contributed by atoms with van der Waals surface area (Å²) < 4.78 is 53.7. The molecule has 0 aromatic heterocycles. The molecule has 158 valence electrons. The Balaban J connectivity index is 1.38. The largest absolute Gasteiger partial charge is 0.382 e. The average molecular weight is 435 g/mol. The van der Waals surface area contributed by atoms with Crippen LogP contribution >= 0.6 is 0 Å². The van der Waals surface area contributed by atoms with Crippen molar-refractivity contribution in [3.8, 4) is 0 Å². The molecule has 0 spiro atoms. The van der Waals surface area contributed by atoms with Gasteiger partial charge in [-0.2, -0.15) is 4.31 Å². The van der Waals surface area contributed by atoms with Gasteiger partial charge in [0.05, 0.1) is 5.71 Å². The standard InChI is InChI=1S/C20H19F2N3O4S/c21-15-6-7-16(22)19(12-15)30(27,28)25-10-8-24(9-11-25)20(26)18-13-17(23-29-18)14-4-2-1-3-5-14/h1-7,12,18H,8-11,13H2. The minimum absolute atomic E-state index is 0.0247. The van der Waals surface area contributed by atoms with Crippen molar-refractivity contribution >= 4 is 21.6 Å². The zero-order valence-corrected chi connectivity index (χ0v) is 16.7. The van der Waals surface area contributed by atoms with Crippen LogP contribution in [-0.4, -0.2) is 61.5 Å². The molecule has 0 N–H and O–H groups in total. The summed E-state index contributed by atoms with van der Waals surface area (Å²) in [5.74, 6) is -2.13. The van der Waals surface area contributed by atoms with Gasteiger partial charge in [-0.15, -0.1) is 0 Å². The number of carbonyl (C=O) groups is 1. The zero-order valence-electron chi connectivity index (χ0n) is 15.9. The number of hydrogen-bond donors (Lipinski definition) is 0. The first-order valence-corrected chi connectivity index (χ1v) is 10.8. The van der Waals surface area contributed by atoms with E-state index in [1.54, 1.807) is 0 Å². The molecule has 1 fully saturated rings. The molecule has 2 aromatic carbocycles. The number of halogens is 2. The second kappa shape index (κ2) is 8.11. The Bertz CT molecular complexity index is 1080. The number of nitrogens with zero attached hydrogens (tertiary/aromatic N) is 3. The van der Waals surface area contributed by atoms with Crippen LogP contribution in [0, 0.1) is 11.6 Å². The first-order valence-electron chi connectivity index (χ1n) is 9.38. The maximum atomic E-state index is 13.9. The molecule has 1 amide bonds. The second-order valence-corrected chi connectivity index (χ2v) is 8.91. The van der Waals surface area contributed by atoms with E-state index in [4.69, 9.17) is 4.84 Å². The van der Waals surface area contributed by atoms with Gasteiger partial charge in [-0.1, -0.05) is 35.5 Å². The highest BCUT2D eigenvalue weighted by Gasteiger charge is 2.36. The maximum absolute atomic E-state index is 13.9. The van der Waals surface area contributed by atoms with E-state index in [0.717, 1.165) is 22.0 Å². The van der Waals surface area contributed by atoms with Crippen molar-refractivity contribution in [2.24, 2.45) is 5.16 Å². The van der Waals surface area contributed by atoms with Crippen LogP contribution in [0.3, 0.4) is 0 Å². The van der Waals surface area contributed by atoms with E-state index >= 15 is 0 Å². The first-order chi connectivity index (χ1) is 14.4. The molecule has 30 heavy (non-hydrogen) atoms. The summed E-state index contributed by atoms with van der Waals surface area (Å²) in [6, 6.07) is 11.7. The van der Waals surface area contributed by atoms with E-state index in [9.17, 15) is 22.0 Å². The van der Waals surface area contributed by atoms with E-state index in [-0.39, 0.29) is 32.1 Å². The molecule has 1 saturated heterocycles. The van der Waals surface area contributed by atoms with Crippen molar-refractivity contribution in [3.05, 3.63) is 65.7 Å². The number of sulfonamides is 1. The van der Waals surface area contributed by atoms with Crippen LogP contribution < -0.4 is 0 Å². The summed E-state index contributed by atoms with van der Waals surface area (Å²) in [7, 11) is -4.20. The highest BCUT2D eigenvalue weighted by Crippen LogP contribution is 2.23. The number of piperazine rings is 1. The summed E-state index contributed by atoms with van der Waals surface area (Å²) in [4.78, 5) is 18.8. The third-order valence-corrected chi connectivity index (χ3v) is 7.03. The minimum atomic E-state index is -4.20. The molecule has 2 aromatic rings. The van der Waals surface area contributed by atoms with E-state index in [1.165, 1.54) is 4.90 Å². The van der Waals surface area contributed by atoms with E-state index < -0.39 is 32.7 Å². The number of rotatable bonds is 4. The smallest absolute Gasteiger partial charge is 0.266 e. The van der Waals surface area contributed by atoms with Gasteiger partial charge in [0.25, 0.3) is 5.91 Å². The Hall–Kier alpha value is -2.85. The zero-order chi connectivity index (χ0) is 21.3. The van der Waals surface area contributed by atoms with Crippen LogP contribution in [-0.2, 0) is 19.7 Å². The second-order valence-electron chi connectivity index (χ2n) is 7.01. The number of oxime groups is 1. The van der Waals surface area contributed by atoms with Gasteiger partial charge in [-0.05, 0) is 23.8 Å². The van der Waals surface area contributed by atoms with Gasteiger partial charge in [0.2, 0.25) is 16.1 Å². The number of amides is 1. The quantitative estimate of drug-likeness (QED) is 0.736. The van der Waals surface area contributed by atoms with Gasteiger partial charge in [0.15, 0.2) is 0 Å². The summed E-state index contributed by atoms with van der Waals surface area (Å²) in [6.45, 7) is 0.192. The summed E-state index contributed by atoms with van der Waals surface area (Å²) in [6.07, 6.45) is -0.431. The van der Waals surface area contributed by atoms with Crippen LogP contribution in [0.2, 0.25) is 0 Å². The lowest BCUT2D eigenvalue weighted by Crippen LogP contribution is -2.52. The Morgan fingerprint density at radius 2 is 1.73 bits per heavy atom. The van der Waals surface area contributed by atoms with Gasteiger partial charge < -0.3 is 9.74 Å². The van der Waals surface area contributed by atoms with Crippen molar-refractivity contribution in [2.75, 3.05) is 26.2 Å². The van der Waals surface area contributed by atoms with Crippen LogP contribution in [0.25, 0.3) is 0 Å². The number of benzene rings is 2. The lowest BCUT2D eigenvalue weighted by Gasteiger charge is -2.34. The average Bonchev–Trinajstić information content (AvgIpc) is 3.26. The van der Waals surface area contributed by atoms with Crippen molar-refractivity contribution in [1.29, 1.82) is 0 Å². The van der Waals surface area contributed by atoms with Gasteiger partial charge >= 0.3 is 0 Å². The lowest BCUT2D eigenvalue weighted by atomic mass is 10.0. The molecule has 10 heteroatoms. The molecule has 2 aliphatic heterocycles. The monoisotopic (exact) mass is 435 g/mol. The predicted molar refractivity (Wildman–Crippen MR) is 104 cm³/mol. The SMILES string of the molecule is O=C(C1CC(c2ccccc2)=NO1)N1CCN(S(=O)(=O)c2cc(F)ccc2F)CC1. The fourth-order valence-corrected chi connectivity index (χ4v) is 4.98. The van der Waals surface area contributed by atoms with Gasteiger partial charge in [0, 0.05) is 32.6 Å². The van der Waals surface area contributed by atoms with Crippen LogP contribution in [0.4, 0.5) is 8.78 Å². The number of hydrogen-bond acceptors (Lipinski definition) is 5. The Morgan fingerprint density at radius 3 is 2.43 bits per heavy atom. The molecule has 2 heterocycles. The third-order valence-electron chi connectivity index (χ3n) is 5.11. The first kappa shape index (κ1) is 20.4. The maximum Gasteiger partial charge on any atom is 0.266 e. The molecule has 0 saturated carbocycles. The van der Waals surface area contributed by atoms with Crippen molar-refractivity contribution in [1.82, 2.24) is 9.21 Å². The minimum Gasteiger partial charge on any atom is -0.382 e. The fraction of sp³-hybridized carbons (Fsp3) is 0.300. The van der Waals surface area contributed by atoms with Crippen LogP contribution in [0.5, 0.6) is 0 Å².